The van der Waals surface area contributed by atoms with Crippen molar-refractivity contribution in [3.63, 3.8) is 0 Å². The molecule has 4 rings (SSSR count). The summed E-state index contributed by atoms with van der Waals surface area (Å²) in [7, 11) is 0. The van der Waals surface area contributed by atoms with Gasteiger partial charge in [-0.05, 0) is 69.0 Å². The van der Waals surface area contributed by atoms with Crippen LogP contribution in [0.25, 0.3) is 5.65 Å². The molecular formula is C22H26F3N5. The summed E-state index contributed by atoms with van der Waals surface area (Å²) in [5.74, 6) is 0. The van der Waals surface area contributed by atoms with Gasteiger partial charge in [-0.2, -0.15) is 13.2 Å². The van der Waals surface area contributed by atoms with Crippen LogP contribution in [0.4, 0.5) is 13.2 Å². The first-order valence-corrected chi connectivity index (χ1v) is 10.4. The molecule has 0 fully saturated rings. The first kappa shape index (κ1) is 20.8. The van der Waals surface area contributed by atoms with Gasteiger partial charge in [0, 0.05) is 25.1 Å². The molecule has 160 valence electrons. The molecule has 0 aromatic carbocycles. The Kier molecular flexibility index (Phi) is 6.06. The summed E-state index contributed by atoms with van der Waals surface area (Å²) in [4.78, 5) is 11.5. The van der Waals surface area contributed by atoms with Crippen molar-refractivity contribution in [2.24, 2.45) is 5.73 Å². The molecule has 1 aliphatic carbocycles. The number of fused-ring (bicyclic) bond motifs is 2. The van der Waals surface area contributed by atoms with Gasteiger partial charge >= 0.3 is 6.18 Å². The Bertz CT molecular complexity index is 998. The van der Waals surface area contributed by atoms with Crippen LogP contribution in [0.1, 0.15) is 54.2 Å². The predicted molar refractivity (Wildman–Crippen MR) is 109 cm³/mol. The van der Waals surface area contributed by atoms with E-state index in [0.717, 1.165) is 62.2 Å². The number of nitrogens with zero attached hydrogens (tertiary/aromatic N) is 4. The van der Waals surface area contributed by atoms with Gasteiger partial charge in [0.05, 0.1) is 23.0 Å². The van der Waals surface area contributed by atoms with E-state index in [2.05, 4.69) is 20.9 Å². The lowest BCUT2D eigenvalue weighted by Gasteiger charge is -2.34. The zero-order valence-corrected chi connectivity index (χ0v) is 16.8. The number of hydrogen-bond acceptors (Lipinski definition) is 4. The minimum atomic E-state index is -4.38. The van der Waals surface area contributed by atoms with Gasteiger partial charge in [0.2, 0.25) is 0 Å². The third-order valence-electron chi connectivity index (χ3n) is 5.71. The maximum atomic E-state index is 13.0. The first-order chi connectivity index (χ1) is 14.5. The molecule has 3 aromatic heterocycles. The fourth-order valence-corrected chi connectivity index (χ4v) is 4.24. The van der Waals surface area contributed by atoms with E-state index in [4.69, 9.17) is 5.73 Å². The van der Waals surface area contributed by atoms with E-state index < -0.39 is 11.7 Å². The van der Waals surface area contributed by atoms with E-state index in [-0.39, 0.29) is 6.04 Å². The summed E-state index contributed by atoms with van der Waals surface area (Å²) in [6, 6.07) is 6.47. The molecule has 8 heteroatoms. The smallest absolute Gasteiger partial charge is 0.330 e. The number of alkyl halides is 3. The number of imidazole rings is 1. The molecule has 3 heterocycles. The van der Waals surface area contributed by atoms with Crippen LogP contribution in [0.5, 0.6) is 0 Å². The van der Waals surface area contributed by atoms with E-state index in [0.29, 0.717) is 18.7 Å². The van der Waals surface area contributed by atoms with Gasteiger partial charge in [0.1, 0.15) is 5.65 Å². The van der Waals surface area contributed by atoms with Crippen LogP contribution in [0.2, 0.25) is 0 Å². The molecule has 0 amide bonds. The van der Waals surface area contributed by atoms with Crippen molar-refractivity contribution in [2.45, 2.75) is 50.9 Å². The molecule has 1 unspecified atom stereocenters. The molecule has 2 N–H and O–H groups in total. The second-order valence-electron chi connectivity index (χ2n) is 7.83. The Balaban J connectivity index is 1.61. The summed E-state index contributed by atoms with van der Waals surface area (Å²) < 4.78 is 40.7. The van der Waals surface area contributed by atoms with Crippen LogP contribution >= 0.6 is 0 Å². The minimum Gasteiger partial charge on any atom is -0.330 e. The number of rotatable bonds is 7. The van der Waals surface area contributed by atoms with E-state index >= 15 is 0 Å². The fourth-order valence-electron chi connectivity index (χ4n) is 4.24. The van der Waals surface area contributed by atoms with E-state index in [1.807, 2.05) is 18.5 Å². The topological polar surface area (TPSA) is 59.5 Å². The van der Waals surface area contributed by atoms with Gasteiger partial charge in [-0.1, -0.05) is 6.07 Å². The highest BCUT2D eigenvalue weighted by molar-refractivity contribution is 5.43. The summed E-state index contributed by atoms with van der Waals surface area (Å²) >= 11 is 0. The number of aryl methyl sites for hydroxylation is 1. The maximum absolute atomic E-state index is 13.0. The number of unbranched alkanes of at least 4 members (excludes halogenated alkanes) is 1. The molecule has 0 saturated carbocycles. The highest BCUT2D eigenvalue weighted by atomic mass is 19.4. The van der Waals surface area contributed by atoms with Crippen molar-refractivity contribution in [2.75, 3.05) is 13.1 Å². The van der Waals surface area contributed by atoms with Gasteiger partial charge in [-0.25, -0.2) is 4.98 Å². The van der Waals surface area contributed by atoms with Crippen molar-refractivity contribution in [1.82, 2.24) is 19.3 Å². The fraction of sp³-hybridized carbons (Fsp3) is 0.455. The molecule has 0 radical (unpaired) electrons. The molecule has 0 bridgehead atoms. The van der Waals surface area contributed by atoms with Gasteiger partial charge in [-0.15, -0.1) is 0 Å². The van der Waals surface area contributed by atoms with Crippen molar-refractivity contribution in [3.8, 4) is 0 Å². The monoisotopic (exact) mass is 417 g/mol. The maximum Gasteiger partial charge on any atom is 0.416 e. The first-order valence-electron chi connectivity index (χ1n) is 10.4. The van der Waals surface area contributed by atoms with Crippen LogP contribution in [-0.2, 0) is 19.1 Å². The Labute approximate surface area is 173 Å². The second-order valence-corrected chi connectivity index (χ2v) is 7.83. The summed E-state index contributed by atoms with van der Waals surface area (Å²) in [5, 5.41) is 0. The summed E-state index contributed by atoms with van der Waals surface area (Å²) in [5.41, 5.74) is 8.46. The molecule has 1 aliphatic rings. The average molecular weight is 417 g/mol. The van der Waals surface area contributed by atoms with Gasteiger partial charge in [0.15, 0.2) is 0 Å². The number of pyridine rings is 2. The van der Waals surface area contributed by atoms with Gasteiger partial charge < -0.3 is 10.1 Å². The highest BCUT2D eigenvalue weighted by Gasteiger charge is 2.31. The lowest BCUT2D eigenvalue weighted by molar-refractivity contribution is -0.137. The van der Waals surface area contributed by atoms with E-state index in [1.54, 1.807) is 4.40 Å². The second kappa shape index (κ2) is 8.73. The van der Waals surface area contributed by atoms with E-state index in [1.165, 1.54) is 11.8 Å². The number of hydrogen-bond donors (Lipinski definition) is 1. The quantitative estimate of drug-likeness (QED) is 0.580. The lowest BCUT2D eigenvalue weighted by atomic mass is 9.90. The normalized spacial score (nSPS) is 16.9. The summed E-state index contributed by atoms with van der Waals surface area (Å²) in [6.07, 6.45) is 5.72. The molecule has 1 atom stereocenters. The molecule has 5 nitrogen and oxygen atoms in total. The standard InChI is InChI=1S/C22H26F3N5/c23-22(24,25)17-8-12-30-15-18(28-20(30)13-17)14-29(11-2-1-9-26)19-7-3-5-16-6-4-10-27-21(16)19/h4,6,8,10,12-13,15,19H,1-3,5,7,9,11,14,26H2. The van der Waals surface area contributed by atoms with Crippen LogP contribution in [0, 0.1) is 0 Å². The minimum absolute atomic E-state index is 0.184. The number of nitrogens with two attached hydrogens (primary N) is 1. The van der Waals surface area contributed by atoms with Crippen LogP contribution in [0.15, 0.2) is 42.9 Å². The Morgan fingerprint density at radius 2 is 2.10 bits per heavy atom. The average Bonchev–Trinajstić information content (AvgIpc) is 3.14. The Morgan fingerprint density at radius 3 is 2.90 bits per heavy atom. The van der Waals surface area contributed by atoms with Crippen molar-refractivity contribution < 1.29 is 13.2 Å². The molecule has 3 aromatic rings. The highest BCUT2D eigenvalue weighted by Crippen LogP contribution is 2.34. The molecule has 0 saturated heterocycles. The Hall–Kier alpha value is -2.45. The van der Waals surface area contributed by atoms with Crippen LogP contribution in [-0.4, -0.2) is 32.4 Å². The third-order valence-corrected chi connectivity index (χ3v) is 5.71. The van der Waals surface area contributed by atoms with Gasteiger partial charge in [0.25, 0.3) is 0 Å². The predicted octanol–water partition coefficient (Wildman–Crippen LogP) is 4.37. The number of halogens is 3. The van der Waals surface area contributed by atoms with Crippen LogP contribution < -0.4 is 5.73 Å². The zero-order chi connectivity index (χ0) is 21.1. The molecular weight excluding hydrogens is 391 g/mol. The Morgan fingerprint density at radius 1 is 1.23 bits per heavy atom. The zero-order valence-electron chi connectivity index (χ0n) is 16.8. The molecule has 30 heavy (non-hydrogen) atoms. The lowest BCUT2D eigenvalue weighted by Crippen LogP contribution is -2.33. The number of aromatic nitrogens is 3. The summed E-state index contributed by atoms with van der Waals surface area (Å²) in [6.45, 7) is 2.05. The van der Waals surface area contributed by atoms with Crippen molar-refractivity contribution in [1.29, 1.82) is 0 Å². The molecule has 0 spiro atoms. The van der Waals surface area contributed by atoms with Gasteiger partial charge in [-0.3, -0.25) is 9.88 Å². The van der Waals surface area contributed by atoms with Crippen molar-refractivity contribution in [3.05, 3.63) is 65.4 Å². The van der Waals surface area contributed by atoms with E-state index in [9.17, 15) is 13.2 Å². The SMILES string of the molecule is NCCCCN(Cc1cn2ccc(C(F)(F)F)cc2n1)C1CCCc2cccnc21. The largest absolute Gasteiger partial charge is 0.416 e. The van der Waals surface area contributed by atoms with Crippen LogP contribution in [0.3, 0.4) is 0 Å². The van der Waals surface area contributed by atoms with Crippen molar-refractivity contribution >= 4 is 5.65 Å². The third kappa shape index (κ3) is 4.49. The molecule has 0 aliphatic heterocycles.